The van der Waals surface area contributed by atoms with Gasteiger partial charge in [-0.15, -0.1) is 0 Å². The van der Waals surface area contributed by atoms with Crippen molar-refractivity contribution in [3.63, 3.8) is 0 Å². The summed E-state index contributed by atoms with van der Waals surface area (Å²) in [6.07, 6.45) is 1.56. The van der Waals surface area contributed by atoms with E-state index in [1.54, 1.807) is 24.5 Å². The van der Waals surface area contributed by atoms with Gasteiger partial charge >= 0.3 is 0 Å². The molecule has 0 N–H and O–H groups in total. The summed E-state index contributed by atoms with van der Waals surface area (Å²) in [6, 6.07) is 12.4. The predicted octanol–water partition coefficient (Wildman–Crippen LogP) is 2.50. The first-order valence-corrected chi connectivity index (χ1v) is 5.63. The molecule has 0 aliphatic carbocycles. The molecule has 1 aliphatic rings. The van der Waals surface area contributed by atoms with E-state index < -0.39 is 6.04 Å². The van der Waals surface area contributed by atoms with Gasteiger partial charge in [0.15, 0.2) is 0 Å². The SMILES string of the molecule is N#CC1c2ccccc2C(=O)N1Cc1ccco1. The molecule has 0 saturated heterocycles. The first-order chi connectivity index (χ1) is 8.81. The van der Waals surface area contributed by atoms with Crippen LogP contribution in [0.3, 0.4) is 0 Å². The van der Waals surface area contributed by atoms with Crippen molar-refractivity contribution in [1.82, 2.24) is 4.90 Å². The molecule has 2 heterocycles. The maximum absolute atomic E-state index is 12.2. The summed E-state index contributed by atoms with van der Waals surface area (Å²) < 4.78 is 5.23. The Kier molecular flexibility index (Phi) is 2.38. The zero-order valence-electron chi connectivity index (χ0n) is 9.54. The van der Waals surface area contributed by atoms with Crippen molar-refractivity contribution >= 4 is 5.91 Å². The smallest absolute Gasteiger partial charge is 0.256 e. The van der Waals surface area contributed by atoms with E-state index in [2.05, 4.69) is 6.07 Å². The second kappa shape index (κ2) is 4.04. The van der Waals surface area contributed by atoms with Gasteiger partial charge in [0.1, 0.15) is 11.8 Å². The van der Waals surface area contributed by atoms with Gasteiger partial charge in [-0.3, -0.25) is 4.79 Å². The Morgan fingerprint density at radius 1 is 1.28 bits per heavy atom. The maximum Gasteiger partial charge on any atom is 0.256 e. The maximum atomic E-state index is 12.2. The van der Waals surface area contributed by atoms with E-state index in [1.165, 1.54) is 4.90 Å². The Labute approximate surface area is 104 Å². The Hall–Kier alpha value is -2.54. The molecule has 1 aromatic carbocycles. The number of benzene rings is 1. The number of rotatable bonds is 2. The molecular weight excluding hydrogens is 228 g/mol. The molecule has 4 heteroatoms. The van der Waals surface area contributed by atoms with Gasteiger partial charge in [-0.2, -0.15) is 5.26 Å². The summed E-state index contributed by atoms with van der Waals surface area (Å²) in [5.74, 6) is 0.560. The molecule has 0 spiro atoms. The molecule has 2 aromatic rings. The van der Waals surface area contributed by atoms with Crippen molar-refractivity contribution in [3.05, 3.63) is 59.5 Å². The summed E-state index contributed by atoms with van der Waals surface area (Å²) in [6.45, 7) is 0.318. The molecule has 0 radical (unpaired) electrons. The van der Waals surface area contributed by atoms with Gasteiger partial charge in [0.05, 0.1) is 18.9 Å². The topological polar surface area (TPSA) is 57.2 Å². The van der Waals surface area contributed by atoms with Gasteiger partial charge in [0.2, 0.25) is 0 Å². The van der Waals surface area contributed by atoms with Gasteiger partial charge in [0.25, 0.3) is 5.91 Å². The number of nitriles is 1. The van der Waals surface area contributed by atoms with Crippen molar-refractivity contribution < 1.29 is 9.21 Å². The highest BCUT2D eigenvalue weighted by molar-refractivity contribution is 5.99. The molecule has 1 amide bonds. The van der Waals surface area contributed by atoms with E-state index in [4.69, 9.17) is 4.42 Å². The first kappa shape index (κ1) is 10.6. The molecule has 0 saturated carbocycles. The normalized spacial score (nSPS) is 17.6. The quantitative estimate of drug-likeness (QED) is 0.807. The zero-order valence-corrected chi connectivity index (χ0v) is 9.54. The average Bonchev–Trinajstić information content (AvgIpc) is 2.99. The van der Waals surface area contributed by atoms with Crippen LogP contribution in [-0.2, 0) is 6.54 Å². The minimum atomic E-state index is -0.529. The average molecular weight is 238 g/mol. The highest BCUT2D eigenvalue weighted by atomic mass is 16.3. The van der Waals surface area contributed by atoms with Crippen LogP contribution in [0.2, 0.25) is 0 Å². The highest BCUT2D eigenvalue weighted by Crippen LogP contribution is 2.34. The number of carbonyl (C=O) groups is 1. The molecule has 1 atom stereocenters. The number of amides is 1. The van der Waals surface area contributed by atoms with E-state index in [0.717, 1.165) is 5.56 Å². The van der Waals surface area contributed by atoms with Gasteiger partial charge in [-0.1, -0.05) is 18.2 Å². The van der Waals surface area contributed by atoms with E-state index in [1.807, 2.05) is 18.2 Å². The molecule has 1 unspecified atom stereocenters. The molecule has 18 heavy (non-hydrogen) atoms. The third-order valence-corrected chi connectivity index (χ3v) is 3.09. The van der Waals surface area contributed by atoms with Crippen LogP contribution in [-0.4, -0.2) is 10.8 Å². The first-order valence-electron chi connectivity index (χ1n) is 5.63. The summed E-state index contributed by atoms with van der Waals surface area (Å²) in [4.78, 5) is 13.8. The monoisotopic (exact) mass is 238 g/mol. The van der Waals surface area contributed by atoms with E-state index >= 15 is 0 Å². The lowest BCUT2D eigenvalue weighted by molar-refractivity contribution is 0.0732. The van der Waals surface area contributed by atoms with Crippen molar-refractivity contribution in [2.45, 2.75) is 12.6 Å². The third kappa shape index (κ3) is 1.49. The van der Waals surface area contributed by atoms with Gasteiger partial charge in [0, 0.05) is 11.1 Å². The van der Waals surface area contributed by atoms with Crippen molar-refractivity contribution in [2.75, 3.05) is 0 Å². The van der Waals surface area contributed by atoms with Gasteiger partial charge in [-0.25, -0.2) is 0 Å². The predicted molar refractivity (Wildman–Crippen MR) is 63.4 cm³/mol. The number of furan rings is 1. The van der Waals surface area contributed by atoms with Gasteiger partial charge < -0.3 is 9.32 Å². The molecule has 1 aromatic heterocycles. The molecule has 3 rings (SSSR count). The Balaban J connectivity index is 1.98. The fourth-order valence-corrected chi connectivity index (χ4v) is 2.24. The van der Waals surface area contributed by atoms with Crippen LogP contribution in [0.5, 0.6) is 0 Å². The summed E-state index contributed by atoms with van der Waals surface area (Å²) in [7, 11) is 0. The zero-order chi connectivity index (χ0) is 12.5. The second-order valence-corrected chi connectivity index (χ2v) is 4.13. The lowest BCUT2D eigenvalue weighted by atomic mass is 10.1. The molecule has 0 fully saturated rings. The van der Waals surface area contributed by atoms with E-state index in [9.17, 15) is 10.1 Å². The van der Waals surface area contributed by atoms with Crippen LogP contribution in [0, 0.1) is 11.3 Å². The standard InChI is InChI=1S/C14H10N2O2/c15-8-13-11-5-1-2-6-12(11)14(17)16(13)9-10-4-3-7-18-10/h1-7,13H,9H2. The lowest BCUT2D eigenvalue weighted by Gasteiger charge is -2.18. The summed E-state index contributed by atoms with van der Waals surface area (Å²) >= 11 is 0. The van der Waals surface area contributed by atoms with E-state index in [0.29, 0.717) is 17.9 Å². The van der Waals surface area contributed by atoms with Crippen LogP contribution in [0.15, 0.2) is 47.1 Å². The Morgan fingerprint density at radius 3 is 2.83 bits per heavy atom. The summed E-state index contributed by atoms with van der Waals surface area (Å²) in [5, 5.41) is 9.26. The largest absolute Gasteiger partial charge is 0.467 e. The van der Waals surface area contributed by atoms with Crippen molar-refractivity contribution in [3.8, 4) is 6.07 Å². The fourth-order valence-electron chi connectivity index (χ4n) is 2.24. The minimum Gasteiger partial charge on any atom is -0.467 e. The molecule has 88 valence electrons. The number of fused-ring (bicyclic) bond motifs is 1. The molecule has 0 bridgehead atoms. The van der Waals surface area contributed by atoms with Crippen molar-refractivity contribution in [2.24, 2.45) is 0 Å². The van der Waals surface area contributed by atoms with Crippen LogP contribution < -0.4 is 0 Å². The summed E-state index contributed by atoms with van der Waals surface area (Å²) in [5.41, 5.74) is 1.38. The fraction of sp³-hybridized carbons (Fsp3) is 0.143. The van der Waals surface area contributed by atoms with Crippen LogP contribution in [0.25, 0.3) is 0 Å². The van der Waals surface area contributed by atoms with Crippen LogP contribution >= 0.6 is 0 Å². The Bertz CT molecular complexity index is 625. The van der Waals surface area contributed by atoms with Crippen LogP contribution in [0.4, 0.5) is 0 Å². The Morgan fingerprint density at radius 2 is 2.11 bits per heavy atom. The number of nitrogens with zero attached hydrogens (tertiary/aromatic N) is 2. The number of carbonyl (C=O) groups excluding carboxylic acids is 1. The molecule has 4 nitrogen and oxygen atoms in total. The highest BCUT2D eigenvalue weighted by Gasteiger charge is 2.36. The molecule has 1 aliphatic heterocycles. The van der Waals surface area contributed by atoms with Crippen LogP contribution in [0.1, 0.15) is 27.7 Å². The van der Waals surface area contributed by atoms with Crippen molar-refractivity contribution in [1.29, 1.82) is 5.26 Å². The molecular formula is C14H10N2O2. The minimum absolute atomic E-state index is 0.117. The second-order valence-electron chi connectivity index (χ2n) is 4.13. The lowest BCUT2D eigenvalue weighted by Crippen LogP contribution is -2.26. The third-order valence-electron chi connectivity index (χ3n) is 3.09. The number of hydrogen-bond acceptors (Lipinski definition) is 3. The van der Waals surface area contributed by atoms with Gasteiger partial charge in [-0.05, 0) is 18.2 Å². The van der Waals surface area contributed by atoms with E-state index in [-0.39, 0.29) is 5.91 Å². The number of hydrogen-bond donors (Lipinski definition) is 0.